The van der Waals surface area contributed by atoms with Gasteiger partial charge in [-0.2, -0.15) is 0 Å². The molecule has 3 N–H and O–H groups in total. The van der Waals surface area contributed by atoms with Crippen LogP contribution in [-0.2, 0) is 0 Å². The minimum Gasteiger partial charge on any atom is -0.493 e. The summed E-state index contributed by atoms with van der Waals surface area (Å²) in [5, 5.41) is 12.0. The van der Waals surface area contributed by atoms with Gasteiger partial charge in [0.15, 0.2) is 5.84 Å². The Morgan fingerprint density at radius 3 is 2.70 bits per heavy atom. The van der Waals surface area contributed by atoms with E-state index in [4.69, 9.17) is 15.7 Å². The third-order valence-electron chi connectivity index (χ3n) is 2.95. The molecule has 0 fully saturated rings. The average Bonchev–Trinajstić information content (AvgIpc) is 2.47. The van der Waals surface area contributed by atoms with E-state index in [1.165, 1.54) is 0 Å². The molecular weight excluding hydrogens is 252 g/mol. The Morgan fingerprint density at radius 2 is 2.00 bits per heavy atom. The summed E-state index contributed by atoms with van der Waals surface area (Å²) >= 11 is 0. The van der Waals surface area contributed by atoms with E-state index in [1.807, 2.05) is 43.3 Å². The fourth-order valence-corrected chi connectivity index (χ4v) is 2.06. The summed E-state index contributed by atoms with van der Waals surface area (Å²) in [7, 11) is 0. The monoisotopic (exact) mass is 269 g/mol. The Balaban J connectivity index is 2.62. The molecule has 0 unspecified atom stereocenters. The van der Waals surface area contributed by atoms with E-state index in [9.17, 15) is 0 Å². The highest BCUT2D eigenvalue weighted by Crippen LogP contribution is 2.33. The normalized spacial score (nSPS) is 11.4. The van der Waals surface area contributed by atoms with E-state index >= 15 is 0 Å². The van der Waals surface area contributed by atoms with Crippen LogP contribution in [0.15, 0.2) is 47.6 Å². The molecule has 0 aliphatic heterocycles. The van der Waals surface area contributed by atoms with Crippen LogP contribution in [0.4, 0.5) is 0 Å². The molecule has 0 bridgehead atoms. The Morgan fingerprint density at radius 1 is 1.25 bits per heavy atom. The van der Waals surface area contributed by atoms with E-state index in [0.717, 1.165) is 22.4 Å². The zero-order chi connectivity index (χ0) is 14.5. The number of hydrogen-bond acceptors (Lipinski definition) is 3. The zero-order valence-corrected chi connectivity index (χ0v) is 11.3. The van der Waals surface area contributed by atoms with Gasteiger partial charge in [0.05, 0.1) is 6.61 Å². The number of amidine groups is 1. The lowest BCUT2D eigenvalue weighted by Gasteiger charge is -2.14. The molecule has 103 valence electrons. The van der Waals surface area contributed by atoms with Crippen molar-refractivity contribution >= 4 is 5.84 Å². The van der Waals surface area contributed by atoms with Gasteiger partial charge in [-0.25, -0.2) is 0 Å². The van der Waals surface area contributed by atoms with Crippen LogP contribution in [0.2, 0.25) is 0 Å². The van der Waals surface area contributed by atoms with E-state index < -0.39 is 0 Å². The van der Waals surface area contributed by atoms with Crippen molar-refractivity contribution in [2.45, 2.75) is 6.92 Å². The largest absolute Gasteiger partial charge is 0.493 e. The Bertz CT molecular complexity index is 636. The van der Waals surface area contributed by atoms with Crippen LogP contribution in [0.3, 0.4) is 0 Å². The molecule has 0 aliphatic rings. The molecule has 2 aromatic carbocycles. The second kappa shape index (κ2) is 6.10. The molecule has 0 heterocycles. The molecule has 0 saturated heterocycles. The van der Waals surface area contributed by atoms with Gasteiger partial charge in [0.25, 0.3) is 0 Å². The molecule has 4 nitrogen and oxygen atoms in total. The molecule has 0 atom stereocenters. The molecule has 20 heavy (non-hydrogen) atoms. The molecule has 1 radical (unpaired) electrons. The summed E-state index contributed by atoms with van der Waals surface area (Å²) in [6.45, 7) is 6.39. The van der Waals surface area contributed by atoms with Crippen molar-refractivity contribution in [2.24, 2.45) is 10.9 Å². The number of benzene rings is 2. The molecular formula is C16H17N2O2. The van der Waals surface area contributed by atoms with E-state index in [2.05, 4.69) is 12.1 Å². The summed E-state index contributed by atoms with van der Waals surface area (Å²) in [6.07, 6.45) is 0. The summed E-state index contributed by atoms with van der Waals surface area (Å²) in [4.78, 5) is 0. The Hall–Kier alpha value is -2.49. The molecule has 0 aliphatic carbocycles. The average molecular weight is 269 g/mol. The maximum absolute atomic E-state index is 8.90. The first-order valence-corrected chi connectivity index (χ1v) is 6.33. The third-order valence-corrected chi connectivity index (χ3v) is 2.95. The van der Waals surface area contributed by atoms with Gasteiger partial charge in [-0.3, -0.25) is 0 Å². The second-order valence-corrected chi connectivity index (χ2v) is 4.29. The summed E-state index contributed by atoms with van der Waals surface area (Å²) in [6, 6.07) is 13.2. The first-order chi connectivity index (χ1) is 9.67. The van der Waals surface area contributed by atoms with Gasteiger partial charge in [-0.1, -0.05) is 41.6 Å². The Kier molecular flexibility index (Phi) is 4.25. The van der Waals surface area contributed by atoms with Crippen molar-refractivity contribution in [3.05, 3.63) is 60.5 Å². The fraction of sp³-hybridized carbons (Fsp3) is 0.125. The second-order valence-electron chi connectivity index (χ2n) is 4.29. The van der Waals surface area contributed by atoms with Gasteiger partial charge in [0.1, 0.15) is 5.75 Å². The maximum atomic E-state index is 8.90. The zero-order valence-electron chi connectivity index (χ0n) is 11.3. The quantitative estimate of drug-likeness (QED) is 0.388. The van der Waals surface area contributed by atoms with Crippen molar-refractivity contribution in [3.8, 4) is 16.9 Å². The molecule has 0 amide bonds. The predicted octanol–water partition coefficient (Wildman–Crippen LogP) is 3.03. The predicted molar refractivity (Wildman–Crippen MR) is 80.0 cm³/mol. The number of oxime groups is 1. The van der Waals surface area contributed by atoms with E-state index in [-0.39, 0.29) is 5.84 Å². The van der Waals surface area contributed by atoms with Crippen LogP contribution in [-0.4, -0.2) is 17.6 Å². The number of nitrogens with zero attached hydrogens (tertiary/aromatic N) is 1. The first kappa shape index (κ1) is 13.9. The number of nitrogens with two attached hydrogens (primary N) is 1. The van der Waals surface area contributed by atoms with Crippen LogP contribution >= 0.6 is 0 Å². The minimum atomic E-state index is 0.0711. The lowest BCUT2D eigenvalue weighted by atomic mass is 9.97. The van der Waals surface area contributed by atoms with Crippen molar-refractivity contribution in [1.29, 1.82) is 0 Å². The van der Waals surface area contributed by atoms with E-state index in [1.54, 1.807) is 6.07 Å². The minimum absolute atomic E-state index is 0.0711. The maximum Gasteiger partial charge on any atom is 0.170 e. The van der Waals surface area contributed by atoms with Crippen molar-refractivity contribution in [1.82, 2.24) is 0 Å². The van der Waals surface area contributed by atoms with Gasteiger partial charge in [-0.05, 0) is 31.0 Å². The SMILES string of the molecule is [CH2]c1ccc(-c2ccccc2C(N)=NO)c(OCC)c1. The molecule has 0 spiro atoms. The van der Waals surface area contributed by atoms with Gasteiger partial charge in [0.2, 0.25) is 0 Å². The highest BCUT2D eigenvalue weighted by atomic mass is 16.5. The van der Waals surface area contributed by atoms with Crippen LogP contribution in [0.5, 0.6) is 5.75 Å². The van der Waals surface area contributed by atoms with Gasteiger partial charge < -0.3 is 15.7 Å². The summed E-state index contributed by atoms with van der Waals surface area (Å²) in [5.41, 5.74) is 9.01. The van der Waals surface area contributed by atoms with Crippen LogP contribution in [0, 0.1) is 6.92 Å². The van der Waals surface area contributed by atoms with Gasteiger partial charge in [-0.15, -0.1) is 0 Å². The standard InChI is InChI=1S/C16H17N2O2/c1-3-20-15-10-11(2)8-9-13(15)12-6-4-5-7-14(12)16(17)18-19/h4-10,19H,2-3H2,1H3,(H2,17,18). The number of ether oxygens (including phenoxy) is 1. The lowest BCUT2D eigenvalue weighted by Crippen LogP contribution is -2.14. The highest BCUT2D eigenvalue weighted by molar-refractivity contribution is 6.03. The fourth-order valence-electron chi connectivity index (χ4n) is 2.06. The van der Waals surface area contributed by atoms with Gasteiger partial charge >= 0.3 is 0 Å². The topological polar surface area (TPSA) is 67.8 Å². The van der Waals surface area contributed by atoms with Crippen LogP contribution in [0.1, 0.15) is 18.1 Å². The molecule has 0 aromatic heterocycles. The van der Waals surface area contributed by atoms with Crippen molar-refractivity contribution in [3.63, 3.8) is 0 Å². The molecule has 4 heteroatoms. The molecule has 2 rings (SSSR count). The van der Waals surface area contributed by atoms with E-state index in [0.29, 0.717) is 12.2 Å². The molecule has 2 aromatic rings. The van der Waals surface area contributed by atoms with Crippen molar-refractivity contribution < 1.29 is 9.94 Å². The van der Waals surface area contributed by atoms with Crippen molar-refractivity contribution in [2.75, 3.05) is 6.61 Å². The number of rotatable bonds is 4. The molecule has 0 saturated carbocycles. The highest BCUT2D eigenvalue weighted by Gasteiger charge is 2.13. The Labute approximate surface area is 118 Å². The summed E-state index contributed by atoms with van der Waals surface area (Å²) < 4.78 is 5.66. The smallest absolute Gasteiger partial charge is 0.170 e. The first-order valence-electron chi connectivity index (χ1n) is 6.33. The summed E-state index contributed by atoms with van der Waals surface area (Å²) in [5.74, 6) is 0.805. The van der Waals surface area contributed by atoms with Crippen LogP contribution < -0.4 is 10.5 Å². The van der Waals surface area contributed by atoms with Gasteiger partial charge in [0, 0.05) is 11.1 Å². The lowest BCUT2D eigenvalue weighted by molar-refractivity contribution is 0.318. The number of hydrogen-bond donors (Lipinski definition) is 2. The van der Waals surface area contributed by atoms with Crippen LogP contribution in [0.25, 0.3) is 11.1 Å². The third kappa shape index (κ3) is 2.74.